The van der Waals surface area contributed by atoms with E-state index in [4.69, 9.17) is 9.63 Å². The Hall–Kier alpha value is -2.65. The molecule has 21 heavy (non-hydrogen) atoms. The van der Waals surface area contributed by atoms with Crippen molar-refractivity contribution in [3.63, 3.8) is 0 Å². The van der Waals surface area contributed by atoms with Gasteiger partial charge in [-0.15, -0.1) is 0 Å². The maximum atomic E-state index is 12.6. The van der Waals surface area contributed by atoms with Crippen LogP contribution in [0.2, 0.25) is 0 Å². The largest absolute Gasteiger partial charge is 0.465 e. The summed E-state index contributed by atoms with van der Waals surface area (Å²) in [6.45, 7) is 1.46. The van der Waals surface area contributed by atoms with E-state index in [2.05, 4.69) is 20.4 Å². The van der Waals surface area contributed by atoms with Crippen LogP contribution in [0.15, 0.2) is 22.9 Å². The first-order valence-electron chi connectivity index (χ1n) is 5.64. The number of alkyl halides is 3. The number of hydrogen-bond donors (Lipinski definition) is 2. The highest BCUT2D eigenvalue weighted by atomic mass is 19.4. The monoisotopic (exact) mass is 302 g/mol. The number of amides is 1. The lowest BCUT2D eigenvalue weighted by Gasteiger charge is -2.05. The lowest BCUT2D eigenvalue weighted by molar-refractivity contribution is -0.141. The van der Waals surface area contributed by atoms with E-state index in [1.54, 1.807) is 0 Å². The molecule has 0 saturated heterocycles. The lowest BCUT2D eigenvalue weighted by atomic mass is 10.2. The molecule has 2 heterocycles. The molecule has 0 spiro atoms. The van der Waals surface area contributed by atoms with Crippen LogP contribution in [0.4, 0.5) is 18.0 Å². The highest BCUT2D eigenvalue weighted by Crippen LogP contribution is 2.29. The van der Waals surface area contributed by atoms with Crippen LogP contribution in [-0.2, 0) is 6.18 Å². The zero-order valence-electron chi connectivity index (χ0n) is 10.5. The lowest BCUT2D eigenvalue weighted by Crippen LogP contribution is -2.24. The van der Waals surface area contributed by atoms with Gasteiger partial charge in [0.15, 0.2) is 0 Å². The predicted octanol–water partition coefficient (Wildman–Crippen LogP) is 2.48. The van der Waals surface area contributed by atoms with Crippen molar-refractivity contribution in [2.45, 2.75) is 19.1 Å². The Balaban J connectivity index is 2.28. The molecule has 0 bridgehead atoms. The topological polar surface area (TPSA) is 101 Å². The van der Waals surface area contributed by atoms with Gasteiger partial charge in [0, 0.05) is 11.8 Å². The fourth-order valence-corrected chi connectivity index (χ4v) is 1.50. The van der Waals surface area contributed by atoms with Crippen molar-refractivity contribution in [3.8, 4) is 11.4 Å². The van der Waals surface area contributed by atoms with Crippen molar-refractivity contribution in [2.24, 2.45) is 0 Å². The summed E-state index contributed by atoms with van der Waals surface area (Å²) < 4.78 is 42.5. The van der Waals surface area contributed by atoms with E-state index in [0.29, 0.717) is 0 Å². The summed E-state index contributed by atoms with van der Waals surface area (Å²) in [5.41, 5.74) is -1.02. The van der Waals surface area contributed by atoms with Gasteiger partial charge >= 0.3 is 12.3 Å². The summed E-state index contributed by atoms with van der Waals surface area (Å²) in [6, 6.07) is 1.29. The van der Waals surface area contributed by atoms with Gasteiger partial charge in [-0.25, -0.2) is 4.79 Å². The predicted molar refractivity (Wildman–Crippen MR) is 62.1 cm³/mol. The number of hydrogen-bond acceptors (Lipinski definition) is 5. The Morgan fingerprint density at radius 2 is 2.19 bits per heavy atom. The molecule has 0 aromatic carbocycles. The highest BCUT2D eigenvalue weighted by molar-refractivity contribution is 5.65. The maximum absolute atomic E-state index is 12.6. The van der Waals surface area contributed by atoms with Crippen molar-refractivity contribution < 1.29 is 27.6 Å². The molecule has 1 atom stereocenters. The Labute approximate surface area is 115 Å². The molecule has 0 unspecified atom stereocenters. The second kappa shape index (κ2) is 5.38. The van der Waals surface area contributed by atoms with Gasteiger partial charge in [-0.05, 0) is 19.1 Å². The first-order chi connectivity index (χ1) is 9.77. The Morgan fingerprint density at radius 3 is 2.81 bits per heavy atom. The maximum Gasteiger partial charge on any atom is 0.433 e. The van der Waals surface area contributed by atoms with E-state index in [9.17, 15) is 18.0 Å². The number of rotatable bonds is 3. The molecular formula is C11H9F3N4O3. The number of carboxylic acid groups (broad SMARTS) is 1. The van der Waals surface area contributed by atoms with Crippen LogP contribution in [0.3, 0.4) is 0 Å². The fourth-order valence-electron chi connectivity index (χ4n) is 1.50. The molecule has 0 aliphatic carbocycles. The van der Waals surface area contributed by atoms with Crippen molar-refractivity contribution >= 4 is 6.09 Å². The molecule has 7 nitrogen and oxygen atoms in total. The molecule has 0 fully saturated rings. The van der Waals surface area contributed by atoms with E-state index >= 15 is 0 Å². The number of carbonyl (C=O) groups is 1. The van der Waals surface area contributed by atoms with Gasteiger partial charge in [-0.3, -0.25) is 4.98 Å². The summed E-state index contributed by atoms with van der Waals surface area (Å²) in [4.78, 5) is 17.6. The van der Waals surface area contributed by atoms with Gasteiger partial charge in [0.05, 0.1) is 0 Å². The molecular weight excluding hydrogens is 293 g/mol. The van der Waals surface area contributed by atoms with Crippen molar-refractivity contribution in [1.29, 1.82) is 0 Å². The standard InChI is InChI=1S/C11H9F3N4O3/c1-5(16-10(19)20)9-17-8(18-21-9)6-2-3-15-7(4-6)11(12,13)14/h2-5,16H,1H3,(H,19,20)/t5-/m0/s1. The van der Waals surface area contributed by atoms with Gasteiger partial charge < -0.3 is 14.9 Å². The molecule has 0 aliphatic rings. The van der Waals surface area contributed by atoms with Crippen LogP contribution >= 0.6 is 0 Å². The van der Waals surface area contributed by atoms with Gasteiger partial charge in [-0.2, -0.15) is 18.2 Å². The second-order valence-electron chi connectivity index (χ2n) is 4.05. The third-order valence-corrected chi connectivity index (χ3v) is 2.46. The van der Waals surface area contributed by atoms with E-state index in [0.717, 1.165) is 12.3 Å². The molecule has 0 radical (unpaired) electrons. The molecule has 1 amide bonds. The molecule has 112 valence electrons. The number of nitrogens with one attached hydrogen (secondary N) is 1. The van der Waals surface area contributed by atoms with Crippen LogP contribution < -0.4 is 5.32 Å². The summed E-state index contributed by atoms with van der Waals surface area (Å²) in [5.74, 6) is -0.144. The summed E-state index contributed by atoms with van der Waals surface area (Å²) in [5, 5.41) is 14.2. The molecule has 2 aromatic rings. The smallest absolute Gasteiger partial charge is 0.433 e. The highest BCUT2D eigenvalue weighted by Gasteiger charge is 2.32. The van der Waals surface area contributed by atoms with E-state index in [-0.39, 0.29) is 17.3 Å². The van der Waals surface area contributed by atoms with Crippen molar-refractivity contribution in [1.82, 2.24) is 20.4 Å². The summed E-state index contributed by atoms with van der Waals surface area (Å²) in [7, 11) is 0. The van der Waals surface area contributed by atoms with Gasteiger partial charge in [0.2, 0.25) is 11.7 Å². The molecule has 2 aromatic heterocycles. The zero-order valence-corrected chi connectivity index (χ0v) is 10.5. The first kappa shape index (κ1) is 14.8. The van der Waals surface area contributed by atoms with Gasteiger partial charge in [0.25, 0.3) is 0 Å². The van der Waals surface area contributed by atoms with Crippen LogP contribution in [-0.4, -0.2) is 26.3 Å². The molecule has 0 saturated carbocycles. The molecule has 2 N–H and O–H groups in total. The van der Waals surface area contributed by atoms with Crippen molar-refractivity contribution in [3.05, 3.63) is 29.9 Å². The molecule has 10 heteroatoms. The van der Waals surface area contributed by atoms with Gasteiger partial charge in [-0.1, -0.05) is 5.16 Å². The summed E-state index contributed by atoms with van der Waals surface area (Å²) >= 11 is 0. The minimum atomic E-state index is -4.58. The number of pyridine rings is 1. The Bertz CT molecular complexity index is 656. The summed E-state index contributed by atoms with van der Waals surface area (Å²) in [6.07, 6.45) is -4.89. The second-order valence-corrected chi connectivity index (χ2v) is 4.05. The third kappa shape index (κ3) is 3.46. The quantitative estimate of drug-likeness (QED) is 0.903. The Kier molecular flexibility index (Phi) is 3.78. The zero-order chi connectivity index (χ0) is 15.6. The normalized spacial score (nSPS) is 13.0. The van der Waals surface area contributed by atoms with Crippen LogP contribution in [0.1, 0.15) is 24.6 Å². The number of halogens is 3. The number of aromatic nitrogens is 3. The van der Waals surface area contributed by atoms with E-state index < -0.39 is 24.0 Å². The third-order valence-electron chi connectivity index (χ3n) is 2.46. The first-order valence-corrected chi connectivity index (χ1v) is 5.64. The SMILES string of the molecule is C[C@H](NC(=O)O)c1nc(-c2ccnc(C(F)(F)F)c2)no1. The molecule has 0 aliphatic heterocycles. The Morgan fingerprint density at radius 1 is 1.48 bits per heavy atom. The fraction of sp³-hybridized carbons (Fsp3) is 0.273. The van der Waals surface area contributed by atoms with Crippen LogP contribution in [0, 0.1) is 0 Å². The minimum Gasteiger partial charge on any atom is -0.465 e. The molecule has 2 rings (SSSR count). The van der Waals surface area contributed by atoms with Gasteiger partial charge in [0.1, 0.15) is 11.7 Å². The van der Waals surface area contributed by atoms with Crippen LogP contribution in [0.25, 0.3) is 11.4 Å². The average Bonchev–Trinajstić information content (AvgIpc) is 2.86. The average molecular weight is 302 g/mol. The minimum absolute atomic E-state index is 0.0576. The number of nitrogens with zero attached hydrogens (tertiary/aromatic N) is 3. The van der Waals surface area contributed by atoms with Crippen molar-refractivity contribution in [2.75, 3.05) is 0 Å². The van der Waals surface area contributed by atoms with E-state index in [1.807, 2.05) is 0 Å². The van der Waals surface area contributed by atoms with Crippen LogP contribution in [0.5, 0.6) is 0 Å². The van der Waals surface area contributed by atoms with E-state index in [1.165, 1.54) is 13.0 Å².